The van der Waals surface area contributed by atoms with Crippen molar-refractivity contribution in [3.63, 3.8) is 0 Å². The van der Waals surface area contributed by atoms with E-state index in [9.17, 15) is 0 Å². The molecule has 5 heteroatoms. The van der Waals surface area contributed by atoms with Gasteiger partial charge < -0.3 is 8.23 Å². The minimum Gasteiger partial charge on any atom is -0.434 e. The Morgan fingerprint density at radius 1 is 0.810 bits per heavy atom. The van der Waals surface area contributed by atoms with Gasteiger partial charge in [0.15, 0.2) is 16.6 Å². The molecule has 126 valence electrons. The van der Waals surface area contributed by atoms with Gasteiger partial charge in [0.1, 0.15) is 0 Å². The summed E-state index contributed by atoms with van der Waals surface area (Å²) in [6.07, 6.45) is 8.82. The SMILES string of the molecule is CCCCCC/C=C(\C)[Si](C)(O[Si](C)(C)C)O[Si](C)(C)C. The smallest absolute Gasteiger partial charge is 0.343 e. The van der Waals surface area contributed by atoms with Crippen LogP contribution in [0.25, 0.3) is 0 Å². The van der Waals surface area contributed by atoms with Crippen LogP contribution in [0.3, 0.4) is 0 Å². The summed E-state index contributed by atoms with van der Waals surface area (Å²) in [5.41, 5.74) is 0. The van der Waals surface area contributed by atoms with E-state index in [2.05, 4.69) is 65.8 Å². The van der Waals surface area contributed by atoms with Crippen molar-refractivity contribution in [2.45, 2.75) is 91.8 Å². The van der Waals surface area contributed by atoms with Crippen LogP contribution in [-0.4, -0.2) is 25.2 Å². The average Bonchev–Trinajstić information content (AvgIpc) is 2.23. The summed E-state index contributed by atoms with van der Waals surface area (Å²) < 4.78 is 13.1. The molecule has 0 aliphatic carbocycles. The topological polar surface area (TPSA) is 18.5 Å². The highest BCUT2D eigenvalue weighted by atomic mass is 28.5. The highest BCUT2D eigenvalue weighted by Gasteiger charge is 2.41. The minimum absolute atomic E-state index is 1.17. The molecular formula is C16H38O2Si3. The van der Waals surface area contributed by atoms with Crippen LogP contribution < -0.4 is 0 Å². The lowest BCUT2D eigenvalue weighted by Gasteiger charge is -2.39. The molecule has 0 saturated heterocycles. The van der Waals surface area contributed by atoms with Crippen molar-refractivity contribution in [2.75, 3.05) is 0 Å². The third-order valence-electron chi connectivity index (χ3n) is 3.23. The molecule has 21 heavy (non-hydrogen) atoms. The van der Waals surface area contributed by atoms with E-state index in [0.717, 1.165) is 0 Å². The maximum atomic E-state index is 6.56. The second-order valence-corrected chi connectivity index (χ2v) is 20.9. The molecule has 0 aromatic heterocycles. The molecule has 0 N–H and O–H groups in total. The van der Waals surface area contributed by atoms with E-state index in [-0.39, 0.29) is 0 Å². The van der Waals surface area contributed by atoms with Crippen LogP contribution in [-0.2, 0) is 8.23 Å². The van der Waals surface area contributed by atoms with Crippen LogP contribution in [0.1, 0.15) is 46.0 Å². The van der Waals surface area contributed by atoms with E-state index in [1.165, 1.54) is 37.3 Å². The standard InChI is InChI=1S/C16H38O2Si3/c1-10-11-12-13-14-15-16(2)21(9,17-19(3,4)5)18-20(6,7)8/h15H,10-14H2,1-9H3/b16-15+. The molecule has 2 nitrogen and oxygen atoms in total. The molecule has 0 spiro atoms. The molecule has 0 heterocycles. The lowest BCUT2D eigenvalue weighted by Crippen LogP contribution is -2.53. The zero-order valence-corrected chi connectivity index (χ0v) is 18.9. The predicted molar refractivity (Wildman–Crippen MR) is 103 cm³/mol. The summed E-state index contributed by atoms with van der Waals surface area (Å²) >= 11 is 0. The first-order valence-electron chi connectivity index (χ1n) is 8.47. The monoisotopic (exact) mass is 346 g/mol. The minimum atomic E-state index is -2.21. The van der Waals surface area contributed by atoms with Gasteiger partial charge in [0, 0.05) is 0 Å². The lowest BCUT2D eigenvalue weighted by atomic mass is 10.1. The van der Waals surface area contributed by atoms with E-state index in [4.69, 9.17) is 8.23 Å². The summed E-state index contributed by atoms with van der Waals surface area (Å²) in [6, 6.07) is 0. The van der Waals surface area contributed by atoms with E-state index < -0.39 is 25.2 Å². The van der Waals surface area contributed by atoms with Crippen LogP contribution in [0, 0.1) is 0 Å². The normalized spacial score (nSPS) is 14.6. The molecule has 0 aromatic rings. The Hall–Kier alpha value is 0.311. The molecule has 0 atom stereocenters. The van der Waals surface area contributed by atoms with Gasteiger partial charge in [-0.3, -0.25) is 0 Å². The molecule has 0 aliphatic heterocycles. The Morgan fingerprint density at radius 3 is 1.67 bits per heavy atom. The average molecular weight is 347 g/mol. The Kier molecular flexibility index (Phi) is 8.95. The molecule has 0 aromatic carbocycles. The number of unbranched alkanes of at least 4 members (excludes halogenated alkanes) is 4. The highest BCUT2D eigenvalue weighted by molar-refractivity contribution is 6.90. The van der Waals surface area contributed by atoms with Gasteiger partial charge in [-0.2, -0.15) is 0 Å². The van der Waals surface area contributed by atoms with Gasteiger partial charge in [-0.15, -0.1) is 0 Å². The fraction of sp³-hybridized carbons (Fsp3) is 0.875. The first-order valence-corrected chi connectivity index (χ1v) is 17.6. The van der Waals surface area contributed by atoms with E-state index in [1.807, 2.05) is 0 Å². The summed E-state index contributed by atoms with van der Waals surface area (Å²) in [5.74, 6) is 0. The summed E-state index contributed by atoms with van der Waals surface area (Å²) in [6.45, 7) is 20.3. The summed E-state index contributed by atoms with van der Waals surface area (Å²) in [5, 5.41) is 1.38. The van der Waals surface area contributed by atoms with Crippen LogP contribution in [0.2, 0.25) is 45.8 Å². The second-order valence-electron chi connectivity index (χ2n) is 8.11. The molecule has 0 aliphatic rings. The first kappa shape index (κ1) is 21.3. The Bertz CT molecular complexity index is 311. The second kappa shape index (κ2) is 8.82. The molecular weight excluding hydrogens is 308 g/mol. The van der Waals surface area contributed by atoms with Crippen LogP contribution in [0.4, 0.5) is 0 Å². The Morgan fingerprint density at radius 2 is 1.29 bits per heavy atom. The Balaban J connectivity index is 4.89. The molecule has 0 bridgehead atoms. The van der Waals surface area contributed by atoms with Crippen molar-refractivity contribution in [3.05, 3.63) is 11.3 Å². The number of allylic oxidation sites excluding steroid dienone is 2. The quantitative estimate of drug-likeness (QED) is 0.345. The molecule has 0 radical (unpaired) electrons. The third kappa shape index (κ3) is 10.6. The van der Waals surface area contributed by atoms with Crippen LogP contribution >= 0.6 is 0 Å². The maximum Gasteiger partial charge on any atom is 0.343 e. The summed E-state index contributed by atoms with van der Waals surface area (Å²) in [4.78, 5) is 0. The lowest BCUT2D eigenvalue weighted by molar-refractivity contribution is 0.397. The van der Waals surface area contributed by atoms with Gasteiger partial charge in [0.25, 0.3) is 0 Å². The Labute approximate surface area is 136 Å². The van der Waals surface area contributed by atoms with Crippen molar-refractivity contribution in [1.29, 1.82) is 0 Å². The largest absolute Gasteiger partial charge is 0.434 e. The number of rotatable bonds is 10. The van der Waals surface area contributed by atoms with E-state index in [0.29, 0.717) is 0 Å². The van der Waals surface area contributed by atoms with Gasteiger partial charge in [0.2, 0.25) is 0 Å². The van der Waals surface area contributed by atoms with Crippen LogP contribution in [0.5, 0.6) is 0 Å². The fourth-order valence-electron chi connectivity index (χ4n) is 2.43. The van der Waals surface area contributed by atoms with Gasteiger partial charge in [-0.05, 0) is 70.8 Å². The summed E-state index contributed by atoms with van der Waals surface area (Å²) in [7, 11) is -5.40. The van der Waals surface area contributed by atoms with Crippen molar-refractivity contribution in [1.82, 2.24) is 0 Å². The molecule has 0 rings (SSSR count). The zero-order valence-electron chi connectivity index (χ0n) is 15.9. The van der Waals surface area contributed by atoms with Gasteiger partial charge >= 0.3 is 8.56 Å². The van der Waals surface area contributed by atoms with Gasteiger partial charge in [0.05, 0.1) is 0 Å². The maximum absolute atomic E-state index is 6.56. The molecule has 0 unspecified atom stereocenters. The molecule has 0 fully saturated rings. The van der Waals surface area contributed by atoms with Crippen molar-refractivity contribution < 1.29 is 8.23 Å². The van der Waals surface area contributed by atoms with E-state index >= 15 is 0 Å². The molecule has 0 amide bonds. The fourth-order valence-corrected chi connectivity index (χ4v) is 14.1. The number of hydrogen-bond donors (Lipinski definition) is 0. The highest BCUT2D eigenvalue weighted by Crippen LogP contribution is 2.27. The van der Waals surface area contributed by atoms with E-state index in [1.54, 1.807) is 0 Å². The third-order valence-corrected chi connectivity index (χ3v) is 12.9. The van der Waals surface area contributed by atoms with Crippen LogP contribution in [0.15, 0.2) is 11.3 Å². The van der Waals surface area contributed by atoms with Crippen molar-refractivity contribution in [3.8, 4) is 0 Å². The van der Waals surface area contributed by atoms with Gasteiger partial charge in [-0.25, -0.2) is 0 Å². The zero-order chi connectivity index (χ0) is 16.7. The number of hydrogen-bond acceptors (Lipinski definition) is 2. The molecule has 0 saturated carbocycles. The van der Waals surface area contributed by atoms with Crippen molar-refractivity contribution >= 4 is 25.2 Å². The predicted octanol–water partition coefficient (Wildman–Crippen LogP) is 6.22. The van der Waals surface area contributed by atoms with Gasteiger partial charge in [-0.1, -0.05) is 32.3 Å². The van der Waals surface area contributed by atoms with Crippen molar-refractivity contribution in [2.24, 2.45) is 0 Å². The first-order chi connectivity index (χ1) is 9.40.